The van der Waals surface area contributed by atoms with Gasteiger partial charge in [-0.1, -0.05) is 18.2 Å². The highest BCUT2D eigenvalue weighted by atomic mass is 19.2. The fourth-order valence-electron chi connectivity index (χ4n) is 3.34. The monoisotopic (exact) mass is 465 g/mol. The van der Waals surface area contributed by atoms with E-state index in [-0.39, 0.29) is 5.69 Å². The maximum atomic E-state index is 14.7. The Labute approximate surface area is 175 Å². The third-order valence-electron chi connectivity index (χ3n) is 4.79. The lowest BCUT2D eigenvalue weighted by Gasteiger charge is -2.24. The summed E-state index contributed by atoms with van der Waals surface area (Å²) in [7, 11) is 2.74. The molecule has 0 aliphatic carbocycles. The average molecular weight is 465 g/mol. The molecule has 0 fully saturated rings. The van der Waals surface area contributed by atoms with Crippen molar-refractivity contribution in [2.75, 3.05) is 19.0 Å². The molecule has 3 aromatic rings. The van der Waals surface area contributed by atoms with Gasteiger partial charge in [0.15, 0.2) is 58.2 Å². The Hall–Kier alpha value is -3.18. The number of nitrogens with zero attached hydrogens (tertiary/aromatic N) is 1. The number of halogens is 10. The third-order valence-corrected chi connectivity index (χ3v) is 4.79. The van der Waals surface area contributed by atoms with Gasteiger partial charge in [-0.05, 0) is 11.5 Å². The van der Waals surface area contributed by atoms with E-state index in [1.54, 1.807) is 0 Å². The van der Waals surface area contributed by atoms with Crippen molar-refractivity contribution in [2.24, 2.45) is 0 Å². The van der Waals surface area contributed by atoms with Crippen LogP contribution < -0.4 is 21.3 Å². The van der Waals surface area contributed by atoms with Gasteiger partial charge in [0.1, 0.15) is 0 Å². The van der Waals surface area contributed by atoms with E-state index in [0.29, 0.717) is 0 Å². The molecule has 0 heterocycles. The van der Waals surface area contributed by atoms with Crippen LogP contribution in [0.3, 0.4) is 0 Å². The molecule has 12 heteroatoms. The molecular formula is C20H10BF10N. The first-order chi connectivity index (χ1) is 14.9. The van der Waals surface area contributed by atoms with Crippen molar-refractivity contribution in [2.45, 2.75) is 0 Å². The van der Waals surface area contributed by atoms with E-state index in [1.807, 2.05) is 0 Å². The molecule has 0 saturated heterocycles. The molecule has 0 amide bonds. The zero-order valence-corrected chi connectivity index (χ0v) is 16.1. The Bertz CT molecular complexity index is 1100. The van der Waals surface area contributed by atoms with Gasteiger partial charge in [-0.2, -0.15) is 0 Å². The predicted octanol–water partition coefficient (Wildman–Crippen LogP) is 3.66. The lowest BCUT2D eigenvalue weighted by molar-refractivity contribution is 0.382. The average Bonchev–Trinajstić information content (AvgIpc) is 2.77. The maximum absolute atomic E-state index is 14.7. The molecule has 0 aliphatic heterocycles. The minimum absolute atomic E-state index is 0.0506. The Balaban J connectivity index is 2.58. The quantitative estimate of drug-likeness (QED) is 0.246. The first-order valence-corrected chi connectivity index (χ1v) is 8.70. The van der Waals surface area contributed by atoms with Crippen molar-refractivity contribution in [1.29, 1.82) is 0 Å². The van der Waals surface area contributed by atoms with Crippen LogP contribution in [0.5, 0.6) is 0 Å². The van der Waals surface area contributed by atoms with Crippen LogP contribution in [0.4, 0.5) is 49.6 Å². The standard InChI is InChI=1S/C20H10BF10N/c1-32(2)8-6-4-3-5-7(8)21(9-11(22)15(26)19(30)16(27)12(9)23)10-13(24)17(28)20(31)18(29)14(10)25/h3-6H,1-2H3. The van der Waals surface area contributed by atoms with Crippen LogP contribution in [0.15, 0.2) is 24.3 Å². The summed E-state index contributed by atoms with van der Waals surface area (Å²) in [5.74, 6) is -24.8. The fraction of sp³-hybridized carbons (Fsp3) is 0.100. The smallest absolute Gasteiger partial charge is 0.259 e. The molecule has 0 unspecified atom stereocenters. The van der Waals surface area contributed by atoms with E-state index in [2.05, 4.69) is 0 Å². The van der Waals surface area contributed by atoms with Gasteiger partial charge < -0.3 is 4.90 Å². The zero-order chi connectivity index (χ0) is 24.1. The molecule has 0 bridgehead atoms. The van der Waals surface area contributed by atoms with Crippen molar-refractivity contribution in [3.63, 3.8) is 0 Å². The molecular weight excluding hydrogens is 455 g/mol. The van der Waals surface area contributed by atoms with E-state index in [4.69, 9.17) is 0 Å². The minimum atomic E-state index is -2.59. The lowest BCUT2D eigenvalue weighted by Crippen LogP contribution is -2.59. The number of benzene rings is 3. The molecule has 0 N–H and O–H groups in total. The Morgan fingerprint density at radius 3 is 1.16 bits per heavy atom. The van der Waals surface area contributed by atoms with Crippen molar-refractivity contribution in [3.05, 3.63) is 82.4 Å². The molecule has 0 radical (unpaired) electrons. The van der Waals surface area contributed by atoms with E-state index in [9.17, 15) is 43.9 Å². The summed E-state index contributed by atoms with van der Waals surface area (Å²) in [6, 6.07) is 4.80. The summed E-state index contributed by atoms with van der Waals surface area (Å²) in [5.41, 5.74) is -4.09. The van der Waals surface area contributed by atoms with Gasteiger partial charge in [0.2, 0.25) is 0 Å². The highest BCUT2D eigenvalue weighted by molar-refractivity contribution is 6.96. The highest BCUT2D eigenvalue weighted by Gasteiger charge is 2.41. The fourth-order valence-corrected chi connectivity index (χ4v) is 3.34. The van der Waals surface area contributed by atoms with Gasteiger partial charge in [0, 0.05) is 30.7 Å². The lowest BCUT2D eigenvalue weighted by atomic mass is 9.35. The van der Waals surface area contributed by atoms with Gasteiger partial charge in [0.25, 0.3) is 6.71 Å². The van der Waals surface area contributed by atoms with Crippen LogP contribution in [-0.2, 0) is 0 Å². The van der Waals surface area contributed by atoms with Crippen LogP contribution in [0, 0.1) is 58.2 Å². The third kappa shape index (κ3) is 3.47. The molecule has 0 spiro atoms. The van der Waals surface area contributed by atoms with E-state index in [0.717, 1.165) is 6.07 Å². The zero-order valence-electron chi connectivity index (χ0n) is 16.1. The number of rotatable bonds is 4. The van der Waals surface area contributed by atoms with Crippen LogP contribution in [0.25, 0.3) is 0 Å². The molecule has 0 aromatic heterocycles. The van der Waals surface area contributed by atoms with Crippen LogP contribution >= 0.6 is 0 Å². The molecule has 1 nitrogen and oxygen atoms in total. The van der Waals surface area contributed by atoms with E-state index < -0.39 is 81.3 Å². The van der Waals surface area contributed by atoms with Gasteiger partial charge in [-0.25, -0.2) is 43.9 Å². The van der Waals surface area contributed by atoms with Gasteiger partial charge in [-0.3, -0.25) is 0 Å². The Morgan fingerprint density at radius 2 is 0.812 bits per heavy atom. The molecule has 168 valence electrons. The Morgan fingerprint density at radius 1 is 0.500 bits per heavy atom. The van der Waals surface area contributed by atoms with Gasteiger partial charge in [-0.15, -0.1) is 0 Å². The van der Waals surface area contributed by atoms with Crippen molar-refractivity contribution < 1.29 is 43.9 Å². The predicted molar refractivity (Wildman–Crippen MR) is 97.9 cm³/mol. The summed E-state index contributed by atoms with van der Waals surface area (Å²) in [5, 5.41) is 0. The summed E-state index contributed by atoms with van der Waals surface area (Å²) in [6.45, 7) is -2.59. The van der Waals surface area contributed by atoms with Crippen molar-refractivity contribution >= 4 is 28.8 Å². The number of hydrogen-bond donors (Lipinski definition) is 0. The van der Waals surface area contributed by atoms with E-state index in [1.165, 1.54) is 37.2 Å². The summed E-state index contributed by atoms with van der Waals surface area (Å²) >= 11 is 0. The highest BCUT2D eigenvalue weighted by Crippen LogP contribution is 2.22. The van der Waals surface area contributed by atoms with E-state index >= 15 is 0 Å². The first kappa shape index (κ1) is 23.5. The Kier molecular flexibility index (Phi) is 6.16. The van der Waals surface area contributed by atoms with Gasteiger partial charge in [0.05, 0.1) is 0 Å². The maximum Gasteiger partial charge on any atom is 0.259 e. The molecule has 3 aromatic carbocycles. The second kappa shape index (κ2) is 8.40. The molecule has 0 atom stereocenters. The first-order valence-electron chi connectivity index (χ1n) is 8.70. The number of hydrogen-bond acceptors (Lipinski definition) is 1. The summed E-state index contributed by atoms with van der Waals surface area (Å²) < 4.78 is 141. The molecule has 32 heavy (non-hydrogen) atoms. The van der Waals surface area contributed by atoms with Crippen molar-refractivity contribution in [1.82, 2.24) is 0 Å². The largest absolute Gasteiger partial charge is 0.378 e. The number of para-hydroxylation sites is 1. The summed E-state index contributed by atoms with van der Waals surface area (Å²) in [4.78, 5) is 1.25. The van der Waals surface area contributed by atoms with Crippen LogP contribution in [0.2, 0.25) is 0 Å². The van der Waals surface area contributed by atoms with Crippen LogP contribution in [0.1, 0.15) is 0 Å². The van der Waals surface area contributed by atoms with Crippen molar-refractivity contribution in [3.8, 4) is 0 Å². The van der Waals surface area contributed by atoms with Crippen LogP contribution in [-0.4, -0.2) is 20.8 Å². The molecule has 0 aliphatic rings. The second-order valence-electron chi connectivity index (χ2n) is 6.85. The normalized spacial score (nSPS) is 11.1. The SMILES string of the molecule is CN(C)c1ccccc1B(c1c(F)c(F)c(F)c(F)c1F)c1c(F)c(F)c(F)c(F)c1F. The number of anilines is 1. The molecule has 3 rings (SSSR count). The minimum Gasteiger partial charge on any atom is -0.378 e. The summed E-state index contributed by atoms with van der Waals surface area (Å²) in [6.07, 6.45) is 0. The second-order valence-corrected chi connectivity index (χ2v) is 6.85. The topological polar surface area (TPSA) is 3.24 Å². The van der Waals surface area contributed by atoms with Gasteiger partial charge >= 0.3 is 0 Å². The molecule has 0 saturated carbocycles.